The van der Waals surface area contributed by atoms with Gasteiger partial charge in [-0.25, -0.2) is 0 Å². The molecule has 0 saturated carbocycles. The molecule has 0 amide bonds. The fourth-order valence-corrected chi connectivity index (χ4v) is 1.59. The van der Waals surface area contributed by atoms with Crippen molar-refractivity contribution in [3.63, 3.8) is 0 Å². The van der Waals surface area contributed by atoms with Crippen LogP contribution in [0.1, 0.15) is 0 Å². The molecule has 2 aliphatic carbocycles. The number of rotatable bonds is 4. The molecular formula is C12H12O3. The zero-order valence-electron chi connectivity index (χ0n) is 8.15. The Labute approximate surface area is 88.3 Å². The lowest BCUT2D eigenvalue weighted by molar-refractivity contribution is 0.0262. The minimum Gasteiger partial charge on any atom is -0.336 e. The molecule has 0 aromatic heterocycles. The highest BCUT2D eigenvalue weighted by Crippen LogP contribution is 2.29. The van der Waals surface area contributed by atoms with Gasteiger partial charge in [-0.1, -0.05) is 48.6 Å². The summed E-state index contributed by atoms with van der Waals surface area (Å²) in [7, 11) is 0. The van der Waals surface area contributed by atoms with E-state index in [4.69, 9.17) is 14.2 Å². The third kappa shape index (κ3) is 2.09. The van der Waals surface area contributed by atoms with Gasteiger partial charge in [-0.3, -0.25) is 0 Å². The van der Waals surface area contributed by atoms with E-state index in [1.54, 1.807) is 0 Å². The number of hydrogen-bond acceptors (Lipinski definition) is 3. The first-order valence-electron chi connectivity index (χ1n) is 5.08. The van der Waals surface area contributed by atoms with Gasteiger partial charge in [0.2, 0.25) is 12.6 Å². The lowest BCUT2D eigenvalue weighted by atomic mass is 10.4. The van der Waals surface area contributed by atoms with Crippen LogP contribution in [0.3, 0.4) is 0 Å². The molecule has 0 N–H and O–H groups in total. The standard InChI is InChI=1S/C12H12O3/c1-2-6-9(5-1)13-11-12(15-11)14-10-7-3-4-8-10/h1-12H. The number of ether oxygens (including phenoxy) is 3. The third-order valence-corrected chi connectivity index (χ3v) is 2.42. The minimum absolute atomic E-state index is 0.0401. The summed E-state index contributed by atoms with van der Waals surface area (Å²) in [6.07, 6.45) is 15.4. The highest BCUT2D eigenvalue weighted by molar-refractivity contribution is 5.20. The third-order valence-electron chi connectivity index (χ3n) is 2.42. The van der Waals surface area contributed by atoms with Gasteiger partial charge in [-0.15, -0.1) is 0 Å². The maximum Gasteiger partial charge on any atom is 0.213 e. The molecule has 78 valence electrons. The Hall–Kier alpha value is -1.16. The molecule has 3 nitrogen and oxygen atoms in total. The summed E-state index contributed by atoms with van der Waals surface area (Å²) in [5.41, 5.74) is 0. The predicted octanol–water partition coefficient (Wildman–Crippen LogP) is 1.69. The zero-order chi connectivity index (χ0) is 10.1. The van der Waals surface area contributed by atoms with Gasteiger partial charge in [0.1, 0.15) is 0 Å². The first kappa shape index (κ1) is 9.09. The van der Waals surface area contributed by atoms with Crippen molar-refractivity contribution in [1.82, 2.24) is 0 Å². The van der Waals surface area contributed by atoms with Crippen LogP contribution in [0.4, 0.5) is 0 Å². The maximum absolute atomic E-state index is 5.58. The fraction of sp³-hybridized carbons (Fsp3) is 0.333. The fourth-order valence-electron chi connectivity index (χ4n) is 1.59. The second-order valence-electron chi connectivity index (χ2n) is 3.61. The summed E-state index contributed by atoms with van der Waals surface area (Å²) in [5.74, 6) is 0. The molecule has 2 atom stereocenters. The Morgan fingerprint density at radius 1 is 0.667 bits per heavy atom. The molecule has 0 aromatic carbocycles. The van der Waals surface area contributed by atoms with Crippen LogP contribution in [0.5, 0.6) is 0 Å². The molecule has 15 heavy (non-hydrogen) atoms. The molecule has 1 fully saturated rings. The van der Waals surface area contributed by atoms with E-state index in [1.807, 2.05) is 48.6 Å². The van der Waals surface area contributed by atoms with E-state index >= 15 is 0 Å². The molecule has 0 aromatic rings. The Bertz CT molecular complexity index is 296. The van der Waals surface area contributed by atoms with Gasteiger partial charge < -0.3 is 14.2 Å². The van der Waals surface area contributed by atoms with Crippen LogP contribution in [0, 0.1) is 0 Å². The lowest BCUT2D eigenvalue weighted by Crippen LogP contribution is -2.14. The molecular weight excluding hydrogens is 192 g/mol. The van der Waals surface area contributed by atoms with Gasteiger partial charge in [0.15, 0.2) is 0 Å². The molecule has 2 unspecified atom stereocenters. The van der Waals surface area contributed by atoms with E-state index in [1.165, 1.54) is 0 Å². The second kappa shape index (κ2) is 3.77. The van der Waals surface area contributed by atoms with E-state index in [9.17, 15) is 0 Å². The van der Waals surface area contributed by atoms with E-state index in [2.05, 4.69) is 0 Å². The van der Waals surface area contributed by atoms with Gasteiger partial charge in [-0.2, -0.15) is 0 Å². The maximum atomic E-state index is 5.58. The van der Waals surface area contributed by atoms with Crippen LogP contribution in [-0.2, 0) is 14.2 Å². The normalized spacial score (nSPS) is 33.3. The second-order valence-corrected chi connectivity index (χ2v) is 3.61. The molecule has 0 spiro atoms. The van der Waals surface area contributed by atoms with Crippen molar-refractivity contribution in [3.8, 4) is 0 Å². The van der Waals surface area contributed by atoms with Crippen molar-refractivity contribution in [2.24, 2.45) is 0 Å². The molecule has 3 rings (SSSR count). The van der Waals surface area contributed by atoms with Gasteiger partial charge in [0.05, 0.1) is 12.2 Å². The van der Waals surface area contributed by atoms with Crippen molar-refractivity contribution >= 4 is 0 Å². The lowest BCUT2D eigenvalue weighted by Gasteiger charge is -2.06. The van der Waals surface area contributed by atoms with Gasteiger partial charge >= 0.3 is 0 Å². The van der Waals surface area contributed by atoms with Crippen LogP contribution in [-0.4, -0.2) is 24.8 Å². The summed E-state index contributed by atoms with van der Waals surface area (Å²) >= 11 is 0. The van der Waals surface area contributed by atoms with Crippen LogP contribution in [0.15, 0.2) is 48.6 Å². The SMILES string of the molecule is C1=CC(OC2OC2OC2C=CC=C2)C=C1. The number of hydrogen-bond donors (Lipinski definition) is 0. The first-order valence-corrected chi connectivity index (χ1v) is 5.08. The van der Waals surface area contributed by atoms with Crippen molar-refractivity contribution < 1.29 is 14.2 Å². The van der Waals surface area contributed by atoms with Crippen LogP contribution in [0.2, 0.25) is 0 Å². The first-order chi connectivity index (χ1) is 7.42. The van der Waals surface area contributed by atoms with Crippen molar-refractivity contribution in [2.75, 3.05) is 0 Å². The highest BCUT2D eigenvalue weighted by Gasteiger charge is 2.43. The monoisotopic (exact) mass is 204 g/mol. The van der Waals surface area contributed by atoms with Gasteiger partial charge in [0, 0.05) is 0 Å². The number of allylic oxidation sites excluding steroid dienone is 4. The van der Waals surface area contributed by atoms with E-state index in [-0.39, 0.29) is 24.8 Å². The Morgan fingerprint density at radius 3 is 1.47 bits per heavy atom. The average molecular weight is 204 g/mol. The van der Waals surface area contributed by atoms with Crippen LogP contribution < -0.4 is 0 Å². The minimum atomic E-state index is -0.218. The van der Waals surface area contributed by atoms with E-state index < -0.39 is 0 Å². The predicted molar refractivity (Wildman–Crippen MR) is 55.0 cm³/mol. The summed E-state index contributed by atoms with van der Waals surface area (Å²) in [4.78, 5) is 0. The van der Waals surface area contributed by atoms with Crippen LogP contribution >= 0.6 is 0 Å². The highest BCUT2D eigenvalue weighted by atomic mass is 16.9. The summed E-state index contributed by atoms with van der Waals surface area (Å²) < 4.78 is 16.4. The molecule has 0 bridgehead atoms. The van der Waals surface area contributed by atoms with Crippen molar-refractivity contribution in [1.29, 1.82) is 0 Å². The summed E-state index contributed by atoms with van der Waals surface area (Å²) in [6.45, 7) is 0. The Balaban J connectivity index is 1.44. The van der Waals surface area contributed by atoms with E-state index in [0.717, 1.165) is 0 Å². The zero-order valence-corrected chi connectivity index (χ0v) is 8.15. The quantitative estimate of drug-likeness (QED) is 0.653. The molecule has 3 heteroatoms. The smallest absolute Gasteiger partial charge is 0.213 e. The molecule has 1 heterocycles. The van der Waals surface area contributed by atoms with Crippen molar-refractivity contribution in [3.05, 3.63) is 48.6 Å². The Morgan fingerprint density at radius 2 is 1.07 bits per heavy atom. The number of epoxide rings is 1. The Kier molecular flexibility index (Phi) is 2.29. The summed E-state index contributed by atoms with van der Waals surface area (Å²) in [6, 6.07) is 0. The summed E-state index contributed by atoms with van der Waals surface area (Å²) in [5, 5.41) is 0. The molecule has 0 radical (unpaired) electrons. The van der Waals surface area contributed by atoms with Gasteiger partial charge in [-0.05, 0) is 0 Å². The van der Waals surface area contributed by atoms with Crippen molar-refractivity contribution in [2.45, 2.75) is 24.8 Å². The molecule has 1 aliphatic heterocycles. The largest absolute Gasteiger partial charge is 0.336 e. The molecule has 3 aliphatic rings. The average Bonchev–Trinajstić information content (AvgIpc) is 2.72. The topological polar surface area (TPSA) is 31.0 Å². The van der Waals surface area contributed by atoms with Crippen LogP contribution in [0.25, 0.3) is 0 Å². The molecule has 1 saturated heterocycles. The van der Waals surface area contributed by atoms with Gasteiger partial charge in [0.25, 0.3) is 0 Å². The van der Waals surface area contributed by atoms with E-state index in [0.29, 0.717) is 0 Å².